The molecule has 3 aliphatic carbocycles. The van der Waals surface area contributed by atoms with Crippen molar-refractivity contribution < 1.29 is 39.1 Å². The van der Waals surface area contributed by atoms with Crippen molar-refractivity contribution in [3.63, 3.8) is 0 Å². The highest BCUT2D eigenvalue weighted by atomic mass is 16.7. The van der Waals surface area contributed by atoms with E-state index in [0.29, 0.717) is 6.42 Å². The Morgan fingerprint density at radius 1 is 1.28 bits per heavy atom. The molecule has 2 saturated carbocycles. The van der Waals surface area contributed by atoms with Crippen LogP contribution in [-0.2, 0) is 23.8 Å². The summed E-state index contributed by atoms with van der Waals surface area (Å²) in [7, 11) is 1.38. The van der Waals surface area contributed by atoms with Crippen LogP contribution in [0.2, 0.25) is 0 Å². The number of hydrogen-bond acceptors (Lipinski definition) is 8. The number of rotatable bonds is 1. The number of carbonyl (C=O) groups is 2. The Morgan fingerprint density at radius 3 is 2.62 bits per heavy atom. The van der Waals surface area contributed by atoms with Crippen molar-refractivity contribution in [1.82, 2.24) is 0 Å². The summed E-state index contributed by atoms with van der Waals surface area (Å²) < 4.78 is 17.1. The van der Waals surface area contributed by atoms with Gasteiger partial charge in [-0.1, -0.05) is 19.1 Å². The van der Waals surface area contributed by atoms with Crippen molar-refractivity contribution >= 4 is 11.8 Å². The molecule has 158 valence electrons. The van der Waals surface area contributed by atoms with Gasteiger partial charge in [-0.25, -0.2) is 4.79 Å². The molecule has 1 unspecified atom stereocenters. The van der Waals surface area contributed by atoms with Crippen molar-refractivity contribution in [2.75, 3.05) is 13.7 Å². The number of esters is 1. The molecule has 29 heavy (non-hydrogen) atoms. The number of hydrogen-bond donors (Lipinski definition) is 3. The molecule has 10 atom stereocenters. The first-order valence-electron chi connectivity index (χ1n) is 9.91. The molecule has 0 radical (unpaired) electrons. The predicted molar refractivity (Wildman–Crippen MR) is 97.1 cm³/mol. The van der Waals surface area contributed by atoms with Crippen LogP contribution < -0.4 is 0 Å². The van der Waals surface area contributed by atoms with Gasteiger partial charge in [0.2, 0.25) is 0 Å². The molecule has 0 aromatic rings. The van der Waals surface area contributed by atoms with Gasteiger partial charge in [0, 0.05) is 29.8 Å². The SMILES string of the molecule is C=C1[C@@H]2[C@@H](OC)C(=O)O[C@@H]3C[C@@H]4C(C)=CC(=O)[C@H](O)[C@@]4(C)[C@@H]4C23CO[C@@]4(O)[C@@H]1O. The highest BCUT2D eigenvalue weighted by Gasteiger charge is 2.82. The van der Waals surface area contributed by atoms with Gasteiger partial charge < -0.3 is 29.5 Å². The molecule has 2 aliphatic heterocycles. The fourth-order valence-corrected chi connectivity index (χ4v) is 7.42. The fraction of sp³-hybridized carbons (Fsp3) is 0.714. The van der Waals surface area contributed by atoms with E-state index in [1.807, 2.05) is 0 Å². The van der Waals surface area contributed by atoms with E-state index < -0.39 is 64.6 Å². The average Bonchev–Trinajstić information content (AvgIpc) is 2.96. The molecule has 0 amide bonds. The summed E-state index contributed by atoms with van der Waals surface area (Å²) in [6, 6.07) is 0. The van der Waals surface area contributed by atoms with Crippen LogP contribution in [0.1, 0.15) is 20.3 Å². The van der Waals surface area contributed by atoms with Gasteiger partial charge in [0.25, 0.3) is 0 Å². The summed E-state index contributed by atoms with van der Waals surface area (Å²) in [5.41, 5.74) is -1.09. The van der Waals surface area contributed by atoms with E-state index in [4.69, 9.17) is 14.2 Å². The third-order valence-corrected chi connectivity index (χ3v) is 8.47. The normalized spacial score (nSPS) is 55.7. The highest BCUT2D eigenvalue weighted by molar-refractivity contribution is 5.96. The zero-order chi connectivity index (χ0) is 21.1. The maximum atomic E-state index is 12.7. The zero-order valence-electron chi connectivity index (χ0n) is 16.6. The maximum absolute atomic E-state index is 12.7. The summed E-state index contributed by atoms with van der Waals surface area (Å²) in [6.45, 7) is 7.54. The molecule has 3 N–H and O–H groups in total. The second-order valence-electron chi connectivity index (χ2n) is 9.47. The Labute approximate surface area is 168 Å². The molecule has 2 heterocycles. The first-order valence-corrected chi connectivity index (χ1v) is 9.91. The van der Waals surface area contributed by atoms with Crippen LogP contribution in [0.3, 0.4) is 0 Å². The van der Waals surface area contributed by atoms with Crippen LogP contribution in [0.5, 0.6) is 0 Å². The molecule has 8 heteroatoms. The molecule has 2 saturated heterocycles. The van der Waals surface area contributed by atoms with Crippen LogP contribution in [0.25, 0.3) is 0 Å². The number of aliphatic hydroxyl groups excluding tert-OH is 2. The standard InChI is InChI=1S/C21H26O8/c1-8-5-11(22)16(24)19(3)10(8)6-12-20-7-28-21(26,18(19)20)15(23)9(2)13(20)14(27-4)17(25)29-12/h5,10,12-16,18,23-24,26H,2,6-7H2,1,3-4H3/t10-,12-,13-,14-,15-,16+,18-,19+,20?,21+/m1/s1. The van der Waals surface area contributed by atoms with Crippen LogP contribution >= 0.6 is 0 Å². The third kappa shape index (κ3) is 1.89. The van der Waals surface area contributed by atoms with E-state index >= 15 is 0 Å². The monoisotopic (exact) mass is 406 g/mol. The third-order valence-electron chi connectivity index (χ3n) is 8.47. The van der Waals surface area contributed by atoms with Crippen molar-refractivity contribution in [3.05, 3.63) is 23.8 Å². The lowest BCUT2D eigenvalue weighted by Gasteiger charge is -2.67. The van der Waals surface area contributed by atoms with E-state index in [-0.39, 0.29) is 18.1 Å². The first kappa shape index (κ1) is 19.4. The molecule has 2 bridgehead atoms. The number of carbonyl (C=O) groups excluding carboxylic acids is 2. The Bertz CT molecular complexity index is 865. The quantitative estimate of drug-likeness (QED) is 0.401. The van der Waals surface area contributed by atoms with Crippen LogP contribution in [0, 0.1) is 28.6 Å². The van der Waals surface area contributed by atoms with E-state index in [9.17, 15) is 24.9 Å². The van der Waals surface area contributed by atoms with Crippen molar-refractivity contribution in [2.45, 2.75) is 50.5 Å². The van der Waals surface area contributed by atoms with Gasteiger partial charge in [-0.15, -0.1) is 0 Å². The average molecular weight is 406 g/mol. The fourth-order valence-electron chi connectivity index (χ4n) is 7.42. The molecule has 1 spiro atoms. The second-order valence-corrected chi connectivity index (χ2v) is 9.47. The summed E-state index contributed by atoms with van der Waals surface area (Å²) in [5.74, 6) is -4.92. The Hall–Kier alpha value is -1.58. The molecular weight excluding hydrogens is 380 g/mol. The number of allylic oxidation sites excluding steroid dienone is 1. The largest absolute Gasteiger partial charge is 0.460 e. The predicted octanol–water partition coefficient (Wildman–Crippen LogP) is -0.289. The Balaban J connectivity index is 1.80. The lowest BCUT2D eigenvalue weighted by atomic mass is 9.38. The highest BCUT2D eigenvalue weighted by Crippen LogP contribution is 2.73. The summed E-state index contributed by atoms with van der Waals surface area (Å²) in [5, 5.41) is 33.6. The Kier molecular flexibility index (Phi) is 3.72. The van der Waals surface area contributed by atoms with Crippen LogP contribution in [0.4, 0.5) is 0 Å². The lowest BCUT2D eigenvalue weighted by Crippen LogP contribution is -2.76. The van der Waals surface area contributed by atoms with Gasteiger partial charge in [-0.05, 0) is 30.9 Å². The van der Waals surface area contributed by atoms with Crippen molar-refractivity contribution in [2.24, 2.45) is 28.6 Å². The maximum Gasteiger partial charge on any atom is 0.336 e. The molecule has 0 aromatic carbocycles. The summed E-state index contributed by atoms with van der Waals surface area (Å²) in [6.07, 6.45) is -2.74. The van der Waals surface area contributed by atoms with Gasteiger partial charge in [0.1, 0.15) is 18.3 Å². The van der Waals surface area contributed by atoms with Gasteiger partial charge in [-0.2, -0.15) is 0 Å². The number of fused-ring (bicyclic) bond motifs is 1. The molecular formula is C21H26O8. The van der Waals surface area contributed by atoms with Crippen molar-refractivity contribution in [1.29, 1.82) is 0 Å². The Morgan fingerprint density at radius 2 is 1.97 bits per heavy atom. The zero-order valence-corrected chi connectivity index (χ0v) is 16.6. The van der Waals surface area contributed by atoms with E-state index in [2.05, 4.69) is 6.58 Å². The van der Waals surface area contributed by atoms with Crippen molar-refractivity contribution in [3.8, 4) is 0 Å². The molecule has 5 aliphatic rings. The van der Waals surface area contributed by atoms with E-state index in [1.165, 1.54) is 13.2 Å². The van der Waals surface area contributed by atoms with Crippen LogP contribution in [0.15, 0.2) is 23.8 Å². The number of ether oxygens (including phenoxy) is 3. The first-order chi connectivity index (χ1) is 13.5. The number of ketones is 1. The van der Waals surface area contributed by atoms with Gasteiger partial charge in [0.05, 0.1) is 6.61 Å². The lowest BCUT2D eigenvalue weighted by molar-refractivity contribution is -0.311. The number of aliphatic hydroxyl groups is 3. The molecule has 8 nitrogen and oxygen atoms in total. The minimum Gasteiger partial charge on any atom is -0.460 e. The molecule has 5 rings (SSSR count). The summed E-state index contributed by atoms with van der Waals surface area (Å²) >= 11 is 0. The minimum absolute atomic E-state index is 0.00129. The summed E-state index contributed by atoms with van der Waals surface area (Å²) in [4.78, 5) is 25.3. The van der Waals surface area contributed by atoms with Crippen LogP contribution in [-0.4, -0.2) is 71.0 Å². The van der Waals surface area contributed by atoms with Gasteiger partial charge in [0.15, 0.2) is 17.7 Å². The van der Waals surface area contributed by atoms with Gasteiger partial charge in [-0.3, -0.25) is 4.79 Å². The number of methoxy groups -OCH3 is 1. The topological polar surface area (TPSA) is 123 Å². The van der Waals surface area contributed by atoms with E-state index in [0.717, 1.165) is 5.57 Å². The smallest absolute Gasteiger partial charge is 0.336 e. The van der Waals surface area contributed by atoms with E-state index in [1.54, 1.807) is 13.8 Å². The molecule has 4 fully saturated rings. The molecule has 0 aromatic heterocycles. The second kappa shape index (κ2) is 5.56. The van der Waals surface area contributed by atoms with Gasteiger partial charge >= 0.3 is 5.97 Å². The minimum atomic E-state index is -2.06.